The van der Waals surface area contributed by atoms with E-state index in [1.165, 1.54) is 12.0 Å². The van der Waals surface area contributed by atoms with Crippen LogP contribution in [-0.4, -0.2) is 44.2 Å². The van der Waals surface area contributed by atoms with Crippen molar-refractivity contribution in [2.24, 2.45) is 0 Å². The zero-order valence-electron chi connectivity index (χ0n) is 11.3. The Morgan fingerprint density at radius 3 is 2.32 bits per heavy atom. The number of esters is 1. The first kappa shape index (κ1) is 14.8. The van der Waals surface area contributed by atoms with Gasteiger partial charge < -0.3 is 19.7 Å². The Kier molecular flexibility index (Phi) is 5.66. The van der Waals surface area contributed by atoms with Crippen molar-refractivity contribution in [3.05, 3.63) is 24.3 Å². The van der Waals surface area contributed by atoms with E-state index in [1.54, 1.807) is 38.3 Å². The van der Waals surface area contributed by atoms with Crippen LogP contribution in [-0.2, 0) is 9.53 Å². The minimum Gasteiger partial charge on any atom is -0.497 e. The number of amides is 2. The molecule has 19 heavy (non-hydrogen) atoms. The molecule has 0 atom stereocenters. The van der Waals surface area contributed by atoms with Crippen LogP contribution >= 0.6 is 0 Å². The van der Waals surface area contributed by atoms with E-state index in [0.29, 0.717) is 18.0 Å². The van der Waals surface area contributed by atoms with Crippen molar-refractivity contribution in [2.45, 2.75) is 6.92 Å². The van der Waals surface area contributed by atoms with E-state index < -0.39 is 5.97 Å². The van der Waals surface area contributed by atoms with Gasteiger partial charge in [0.25, 0.3) is 0 Å². The highest BCUT2D eigenvalue weighted by molar-refractivity contribution is 5.91. The second kappa shape index (κ2) is 7.25. The molecule has 104 valence electrons. The minimum atomic E-state index is -0.452. The third-order valence-electron chi connectivity index (χ3n) is 2.56. The number of methoxy groups -OCH3 is 2. The number of carbonyl (C=O) groups excluding carboxylic acids is 2. The maximum Gasteiger partial charge on any atom is 0.325 e. The molecular formula is C13H18N2O4. The summed E-state index contributed by atoms with van der Waals surface area (Å²) in [5.74, 6) is 0.256. The molecule has 0 aliphatic rings. The maximum absolute atomic E-state index is 11.9. The standard InChI is InChI=1S/C13H18N2O4/c1-4-15(9-12(16)19-3)13(17)14-10-5-7-11(18-2)8-6-10/h5-8H,4,9H2,1-3H3,(H,14,17). The lowest BCUT2D eigenvalue weighted by Crippen LogP contribution is -2.38. The second-order valence-corrected chi connectivity index (χ2v) is 3.75. The quantitative estimate of drug-likeness (QED) is 0.824. The van der Waals surface area contributed by atoms with Gasteiger partial charge in [-0.15, -0.1) is 0 Å². The van der Waals surface area contributed by atoms with Gasteiger partial charge in [-0.05, 0) is 31.2 Å². The summed E-state index contributed by atoms with van der Waals surface area (Å²) in [6.45, 7) is 2.13. The summed E-state index contributed by atoms with van der Waals surface area (Å²) in [6.07, 6.45) is 0. The molecule has 1 aromatic rings. The van der Waals surface area contributed by atoms with E-state index >= 15 is 0 Å². The van der Waals surface area contributed by atoms with Gasteiger partial charge in [0.2, 0.25) is 0 Å². The lowest BCUT2D eigenvalue weighted by Gasteiger charge is -2.20. The van der Waals surface area contributed by atoms with Crippen molar-refractivity contribution in [1.29, 1.82) is 0 Å². The summed E-state index contributed by atoms with van der Waals surface area (Å²) in [4.78, 5) is 24.4. The van der Waals surface area contributed by atoms with Crippen LogP contribution < -0.4 is 10.1 Å². The fourth-order valence-electron chi connectivity index (χ4n) is 1.42. The number of anilines is 1. The van der Waals surface area contributed by atoms with E-state index in [-0.39, 0.29) is 12.6 Å². The van der Waals surface area contributed by atoms with Crippen LogP contribution in [0.25, 0.3) is 0 Å². The zero-order valence-corrected chi connectivity index (χ0v) is 11.3. The summed E-state index contributed by atoms with van der Waals surface area (Å²) in [5, 5.41) is 2.70. The van der Waals surface area contributed by atoms with Crippen LogP contribution in [0.4, 0.5) is 10.5 Å². The molecule has 0 heterocycles. The van der Waals surface area contributed by atoms with Gasteiger partial charge in [-0.3, -0.25) is 4.79 Å². The Morgan fingerprint density at radius 2 is 1.84 bits per heavy atom. The number of nitrogens with zero attached hydrogens (tertiary/aromatic N) is 1. The number of carbonyl (C=O) groups is 2. The van der Waals surface area contributed by atoms with Crippen molar-refractivity contribution < 1.29 is 19.1 Å². The molecule has 0 aliphatic carbocycles. The molecule has 0 unspecified atom stereocenters. The summed E-state index contributed by atoms with van der Waals surface area (Å²) in [6, 6.07) is 6.59. The molecule has 6 nitrogen and oxygen atoms in total. The Labute approximate surface area is 112 Å². The number of rotatable bonds is 5. The maximum atomic E-state index is 11.9. The van der Waals surface area contributed by atoms with Crippen molar-refractivity contribution >= 4 is 17.7 Å². The zero-order chi connectivity index (χ0) is 14.3. The minimum absolute atomic E-state index is 0.0744. The molecule has 1 N–H and O–H groups in total. The van der Waals surface area contributed by atoms with Crippen molar-refractivity contribution in [3.8, 4) is 5.75 Å². The molecule has 1 rings (SSSR count). The van der Waals surface area contributed by atoms with Gasteiger partial charge >= 0.3 is 12.0 Å². The molecule has 6 heteroatoms. The number of nitrogens with one attached hydrogen (secondary N) is 1. The normalized spacial score (nSPS) is 9.63. The first-order valence-electron chi connectivity index (χ1n) is 5.87. The third kappa shape index (κ3) is 4.50. The van der Waals surface area contributed by atoms with Crippen molar-refractivity contribution in [1.82, 2.24) is 4.90 Å². The highest BCUT2D eigenvalue weighted by Crippen LogP contribution is 2.15. The van der Waals surface area contributed by atoms with E-state index in [9.17, 15) is 9.59 Å². The molecule has 0 saturated carbocycles. The Morgan fingerprint density at radius 1 is 1.21 bits per heavy atom. The Hall–Kier alpha value is -2.24. The first-order valence-corrected chi connectivity index (χ1v) is 5.87. The highest BCUT2D eigenvalue weighted by Gasteiger charge is 2.15. The average Bonchev–Trinajstić information content (AvgIpc) is 2.45. The number of hydrogen-bond acceptors (Lipinski definition) is 4. The van der Waals surface area contributed by atoms with Crippen molar-refractivity contribution in [3.63, 3.8) is 0 Å². The van der Waals surface area contributed by atoms with Gasteiger partial charge in [0.05, 0.1) is 14.2 Å². The van der Waals surface area contributed by atoms with E-state index in [2.05, 4.69) is 10.1 Å². The monoisotopic (exact) mass is 266 g/mol. The van der Waals surface area contributed by atoms with Crippen LogP contribution in [0, 0.1) is 0 Å². The van der Waals surface area contributed by atoms with Gasteiger partial charge in [0, 0.05) is 12.2 Å². The molecule has 0 aromatic heterocycles. The molecule has 0 fully saturated rings. The summed E-state index contributed by atoms with van der Waals surface area (Å²) < 4.78 is 9.56. The fraction of sp³-hybridized carbons (Fsp3) is 0.385. The van der Waals surface area contributed by atoms with Crippen LogP contribution in [0.1, 0.15) is 6.92 Å². The molecule has 0 radical (unpaired) electrons. The number of ether oxygens (including phenoxy) is 2. The molecule has 0 aliphatic heterocycles. The van der Waals surface area contributed by atoms with Crippen LogP contribution in [0.2, 0.25) is 0 Å². The largest absolute Gasteiger partial charge is 0.497 e. The predicted molar refractivity (Wildman–Crippen MR) is 71.3 cm³/mol. The molecule has 0 saturated heterocycles. The SMILES string of the molecule is CCN(CC(=O)OC)C(=O)Nc1ccc(OC)cc1. The highest BCUT2D eigenvalue weighted by atomic mass is 16.5. The predicted octanol–water partition coefficient (Wildman–Crippen LogP) is 1.72. The lowest BCUT2D eigenvalue weighted by atomic mass is 10.3. The topological polar surface area (TPSA) is 67.9 Å². The van der Waals surface area contributed by atoms with Gasteiger partial charge in [0.15, 0.2) is 0 Å². The van der Waals surface area contributed by atoms with Gasteiger partial charge in [-0.2, -0.15) is 0 Å². The van der Waals surface area contributed by atoms with Crippen molar-refractivity contribution in [2.75, 3.05) is 32.6 Å². The fourth-order valence-corrected chi connectivity index (χ4v) is 1.42. The number of hydrogen-bond donors (Lipinski definition) is 1. The smallest absolute Gasteiger partial charge is 0.325 e. The van der Waals surface area contributed by atoms with E-state index in [1.807, 2.05) is 0 Å². The second-order valence-electron chi connectivity index (χ2n) is 3.75. The molecule has 2 amide bonds. The number of benzene rings is 1. The van der Waals surface area contributed by atoms with Gasteiger partial charge in [-0.1, -0.05) is 0 Å². The molecule has 1 aromatic carbocycles. The molecule has 0 bridgehead atoms. The van der Waals surface area contributed by atoms with E-state index in [0.717, 1.165) is 0 Å². The first-order chi connectivity index (χ1) is 9.10. The summed E-state index contributed by atoms with van der Waals surface area (Å²) in [7, 11) is 2.86. The Balaban J connectivity index is 2.62. The van der Waals surface area contributed by atoms with Gasteiger partial charge in [0.1, 0.15) is 12.3 Å². The Bertz CT molecular complexity index is 431. The summed E-state index contributed by atoms with van der Waals surface area (Å²) >= 11 is 0. The average molecular weight is 266 g/mol. The number of urea groups is 1. The molecule has 0 spiro atoms. The van der Waals surface area contributed by atoms with Crippen LogP contribution in [0.15, 0.2) is 24.3 Å². The van der Waals surface area contributed by atoms with Crippen LogP contribution in [0.5, 0.6) is 5.75 Å². The number of likely N-dealkylation sites (N-methyl/N-ethyl adjacent to an activating group) is 1. The van der Waals surface area contributed by atoms with E-state index in [4.69, 9.17) is 4.74 Å². The lowest BCUT2D eigenvalue weighted by molar-refractivity contribution is -0.141. The van der Waals surface area contributed by atoms with Crippen LogP contribution in [0.3, 0.4) is 0 Å². The summed E-state index contributed by atoms with van der Waals surface area (Å²) in [5.41, 5.74) is 0.633. The third-order valence-corrected chi connectivity index (χ3v) is 2.56. The molecular weight excluding hydrogens is 248 g/mol. The van der Waals surface area contributed by atoms with Gasteiger partial charge in [-0.25, -0.2) is 4.79 Å².